The molecule has 0 nitrogen and oxygen atoms in total. The van der Waals surface area contributed by atoms with Crippen molar-refractivity contribution in [1.29, 1.82) is 0 Å². The van der Waals surface area contributed by atoms with Crippen LogP contribution in [0.3, 0.4) is 0 Å². The van der Waals surface area contributed by atoms with Crippen molar-refractivity contribution in [2.45, 2.75) is 18.4 Å². The third-order valence-corrected chi connectivity index (χ3v) is 6.18. The average molecular weight is 250 g/mol. The van der Waals surface area contributed by atoms with Gasteiger partial charge in [0.1, 0.15) is 0 Å². The van der Waals surface area contributed by atoms with E-state index in [1.165, 1.54) is 0 Å². The molecule has 1 aromatic rings. The van der Waals surface area contributed by atoms with E-state index in [9.17, 15) is 0 Å². The molecular weight excluding hydrogens is 232 g/mol. The fraction of sp³-hybridized carbons (Fsp3) is 0.176. The second kappa shape index (κ2) is 5.36. The molecular formula is C17H18Si. The highest BCUT2D eigenvalue weighted by atomic mass is 28.2. The first kappa shape index (κ1) is 11.5. The van der Waals surface area contributed by atoms with Gasteiger partial charge in [0.15, 0.2) is 0 Å². The topological polar surface area (TPSA) is 0 Å². The van der Waals surface area contributed by atoms with Gasteiger partial charge in [-0.05, 0) is 18.4 Å². The minimum Gasteiger partial charge on any atom is -0.0805 e. The van der Waals surface area contributed by atoms with Crippen LogP contribution in [0.15, 0.2) is 77.9 Å². The predicted molar refractivity (Wildman–Crippen MR) is 82.1 cm³/mol. The van der Waals surface area contributed by atoms with E-state index in [1.54, 1.807) is 16.3 Å². The van der Waals surface area contributed by atoms with Gasteiger partial charge in [-0.25, -0.2) is 0 Å². The quantitative estimate of drug-likeness (QED) is 0.721. The van der Waals surface area contributed by atoms with Gasteiger partial charge in [0.05, 0.1) is 9.52 Å². The third kappa shape index (κ3) is 2.46. The van der Waals surface area contributed by atoms with Crippen LogP contribution in [0.4, 0.5) is 0 Å². The lowest BCUT2D eigenvalue weighted by Crippen LogP contribution is -2.21. The van der Waals surface area contributed by atoms with Gasteiger partial charge in [0.25, 0.3) is 0 Å². The van der Waals surface area contributed by atoms with Crippen LogP contribution < -0.4 is 5.19 Å². The van der Waals surface area contributed by atoms with Crippen molar-refractivity contribution in [1.82, 2.24) is 0 Å². The van der Waals surface area contributed by atoms with Crippen molar-refractivity contribution in [3.05, 3.63) is 77.9 Å². The molecule has 0 fully saturated rings. The summed E-state index contributed by atoms with van der Waals surface area (Å²) in [7, 11) is -0.273. The van der Waals surface area contributed by atoms with Gasteiger partial charge in [0, 0.05) is 0 Å². The molecule has 90 valence electrons. The molecule has 3 rings (SSSR count). The van der Waals surface area contributed by atoms with Crippen molar-refractivity contribution < 1.29 is 0 Å². The summed E-state index contributed by atoms with van der Waals surface area (Å²) in [6.07, 6.45) is 16.0. The van der Waals surface area contributed by atoms with Crippen molar-refractivity contribution in [3.8, 4) is 0 Å². The zero-order valence-electron chi connectivity index (χ0n) is 10.5. The fourth-order valence-corrected chi connectivity index (χ4v) is 4.94. The first-order chi connectivity index (χ1) is 8.93. The molecule has 0 atom stereocenters. The maximum Gasteiger partial charge on any atom is 0.0671 e. The molecule has 0 heterocycles. The van der Waals surface area contributed by atoms with Crippen LogP contribution in [0, 0.1) is 0 Å². The minimum atomic E-state index is -0.273. The molecule has 0 unspecified atom stereocenters. The second-order valence-electron chi connectivity index (χ2n) is 4.99. The molecule has 0 saturated heterocycles. The molecule has 2 aliphatic carbocycles. The van der Waals surface area contributed by atoms with Crippen LogP contribution in [0.25, 0.3) is 0 Å². The minimum absolute atomic E-state index is 0.273. The first-order valence-corrected chi connectivity index (χ1v) is 8.21. The molecule has 18 heavy (non-hydrogen) atoms. The van der Waals surface area contributed by atoms with E-state index < -0.39 is 0 Å². The van der Waals surface area contributed by atoms with Crippen LogP contribution in [-0.2, 0) is 0 Å². The third-order valence-electron chi connectivity index (χ3n) is 3.78. The lowest BCUT2D eigenvalue weighted by Gasteiger charge is -2.20. The summed E-state index contributed by atoms with van der Waals surface area (Å²) in [5, 5.41) is 1.57. The zero-order valence-corrected chi connectivity index (χ0v) is 12.0. The number of hydrogen-bond donors (Lipinski definition) is 0. The summed E-state index contributed by atoms with van der Waals surface area (Å²) in [5.41, 5.74) is 3.97. The van der Waals surface area contributed by atoms with Gasteiger partial charge in [0.2, 0.25) is 0 Å². The first-order valence-electron chi connectivity index (χ1n) is 6.68. The molecule has 0 radical (unpaired) electrons. The highest BCUT2D eigenvalue weighted by Gasteiger charge is 2.20. The Labute approximate surface area is 111 Å². The number of benzene rings is 1. The Morgan fingerprint density at radius 3 is 1.94 bits per heavy atom. The zero-order chi connectivity index (χ0) is 12.2. The van der Waals surface area contributed by atoms with Crippen molar-refractivity contribution in [2.75, 3.05) is 0 Å². The Kier molecular flexibility index (Phi) is 3.42. The molecule has 0 aliphatic heterocycles. The Bertz CT molecular complexity index is 502. The summed E-state index contributed by atoms with van der Waals surface area (Å²) < 4.78 is 0. The monoisotopic (exact) mass is 250 g/mol. The van der Waals surface area contributed by atoms with E-state index >= 15 is 0 Å². The van der Waals surface area contributed by atoms with Crippen LogP contribution in [-0.4, -0.2) is 9.52 Å². The molecule has 0 bridgehead atoms. The molecule has 1 heteroatoms. The summed E-state index contributed by atoms with van der Waals surface area (Å²) in [4.78, 5) is 0. The SMILES string of the molecule is C1=CCC(C([SiH2]c2ccccc2)C2=CC=CC2)=C1. The lowest BCUT2D eigenvalue weighted by atomic mass is 10.0. The maximum atomic E-state index is 2.33. The Morgan fingerprint density at radius 1 is 0.833 bits per heavy atom. The molecule has 0 saturated carbocycles. The Balaban J connectivity index is 1.82. The predicted octanol–water partition coefficient (Wildman–Crippen LogP) is 3.04. The highest BCUT2D eigenvalue weighted by Crippen LogP contribution is 2.34. The van der Waals surface area contributed by atoms with Crippen LogP contribution >= 0.6 is 0 Å². The summed E-state index contributed by atoms with van der Waals surface area (Å²) in [6, 6.07) is 11.0. The van der Waals surface area contributed by atoms with Gasteiger partial charge >= 0.3 is 0 Å². The summed E-state index contributed by atoms with van der Waals surface area (Å²) in [5.74, 6) is 0. The van der Waals surface area contributed by atoms with Crippen molar-refractivity contribution in [3.63, 3.8) is 0 Å². The molecule has 2 aliphatic rings. The van der Waals surface area contributed by atoms with E-state index in [-0.39, 0.29) is 9.52 Å². The summed E-state index contributed by atoms with van der Waals surface area (Å²) >= 11 is 0. The van der Waals surface area contributed by atoms with Crippen LogP contribution in [0.1, 0.15) is 12.8 Å². The van der Waals surface area contributed by atoms with E-state index in [0.717, 1.165) is 18.4 Å². The Morgan fingerprint density at radius 2 is 1.44 bits per heavy atom. The number of rotatable bonds is 4. The van der Waals surface area contributed by atoms with Gasteiger partial charge in [-0.1, -0.05) is 83.1 Å². The van der Waals surface area contributed by atoms with Crippen molar-refractivity contribution >= 4 is 14.7 Å². The van der Waals surface area contributed by atoms with Gasteiger partial charge in [-0.3, -0.25) is 0 Å². The van der Waals surface area contributed by atoms with Gasteiger partial charge < -0.3 is 0 Å². The molecule has 0 N–H and O–H groups in total. The van der Waals surface area contributed by atoms with E-state index in [4.69, 9.17) is 0 Å². The number of allylic oxidation sites excluding steroid dienone is 8. The van der Waals surface area contributed by atoms with Crippen LogP contribution in [0.2, 0.25) is 5.54 Å². The molecule has 0 amide bonds. The second-order valence-corrected chi connectivity index (χ2v) is 7.03. The normalized spacial score (nSPS) is 18.1. The smallest absolute Gasteiger partial charge is 0.0671 e. The van der Waals surface area contributed by atoms with Crippen LogP contribution in [0.5, 0.6) is 0 Å². The standard InChI is InChI=1S/C17H18Si/c1-2-12-16(13-3-1)18-17(14-8-4-5-9-14)15-10-6-7-11-15/h1-8,10,12-13,17H,9,11,18H2. The van der Waals surface area contributed by atoms with E-state index in [2.05, 4.69) is 66.8 Å². The van der Waals surface area contributed by atoms with E-state index in [0.29, 0.717) is 0 Å². The Hall–Kier alpha value is -1.60. The number of hydrogen-bond acceptors (Lipinski definition) is 0. The average Bonchev–Trinajstić information content (AvgIpc) is 3.11. The van der Waals surface area contributed by atoms with Crippen molar-refractivity contribution in [2.24, 2.45) is 0 Å². The van der Waals surface area contributed by atoms with Gasteiger partial charge in [-0.15, -0.1) is 0 Å². The largest absolute Gasteiger partial charge is 0.0805 e. The fourth-order valence-electron chi connectivity index (χ4n) is 2.79. The highest BCUT2D eigenvalue weighted by molar-refractivity contribution is 6.56. The van der Waals surface area contributed by atoms with E-state index in [1.807, 2.05) is 0 Å². The lowest BCUT2D eigenvalue weighted by molar-refractivity contribution is 1.01. The maximum absolute atomic E-state index is 2.33. The molecule has 1 aromatic carbocycles. The molecule has 0 spiro atoms. The molecule has 0 aromatic heterocycles. The summed E-state index contributed by atoms with van der Waals surface area (Å²) in [6.45, 7) is 0. The van der Waals surface area contributed by atoms with Gasteiger partial charge in [-0.2, -0.15) is 0 Å².